The first-order valence-electron chi connectivity index (χ1n) is 11.7. The number of sulfonamides is 1. The maximum absolute atomic E-state index is 15.4. The van der Waals surface area contributed by atoms with Gasteiger partial charge in [-0.05, 0) is 83.3 Å². The molecule has 38 heavy (non-hydrogen) atoms. The third-order valence-corrected chi connectivity index (χ3v) is 7.91. The summed E-state index contributed by atoms with van der Waals surface area (Å²) in [5, 5.41) is 11.9. The Hall–Kier alpha value is -2.72. The van der Waals surface area contributed by atoms with Crippen LogP contribution in [0, 0.1) is 21.1 Å². The summed E-state index contributed by atoms with van der Waals surface area (Å²) in [5.74, 6) is -3.82. The molecule has 13 heteroatoms. The van der Waals surface area contributed by atoms with E-state index in [9.17, 15) is 18.3 Å². The average molecular weight is 658 g/mol. The van der Waals surface area contributed by atoms with Gasteiger partial charge in [0.25, 0.3) is 5.91 Å². The molecule has 4 N–H and O–H groups in total. The monoisotopic (exact) mass is 658 g/mol. The Morgan fingerprint density at radius 2 is 1.89 bits per heavy atom. The van der Waals surface area contributed by atoms with Crippen LogP contribution in [0.15, 0.2) is 53.6 Å². The molecule has 0 aliphatic heterocycles. The van der Waals surface area contributed by atoms with Crippen molar-refractivity contribution in [2.45, 2.75) is 30.7 Å². The van der Waals surface area contributed by atoms with Crippen molar-refractivity contribution in [3.63, 3.8) is 0 Å². The fourth-order valence-corrected chi connectivity index (χ4v) is 5.01. The summed E-state index contributed by atoms with van der Waals surface area (Å²) in [5.41, 5.74) is 2.47. The molecule has 0 saturated heterocycles. The Balaban J connectivity index is 1.66. The minimum atomic E-state index is -4.62. The number of rotatable bonds is 12. The highest BCUT2D eigenvalue weighted by Crippen LogP contribution is 2.32. The normalized spacial score (nSPS) is 13.4. The Labute approximate surface area is 232 Å². The van der Waals surface area contributed by atoms with Gasteiger partial charge in [0, 0.05) is 40.7 Å². The molecule has 9 nitrogen and oxygen atoms in total. The fourth-order valence-electron chi connectivity index (χ4n) is 3.56. The van der Waals surface area contributed by atoms with Gasteiger partial charge in [-0.15, -0.1) is 0 Å². The summed E-state index contributed by atoms with van der Waals surface area (Å²) in [6.45, 7) is -0.239. The van der Waals surface area contributed by atoms with E-state index in [-0.39, 0.29) is 26.2 Å². The van der Waals surface area contributed by atoms with Crippen LogP contribution in [0.2, 0.25) is 0 Å². The van der Waals surface area contributed by atoms with Gasteiger partial charge in [-0.25, -0.2) is 27.4 Å². The summed E-state index contributed by atoms with van der Waals surface area (Å²) in [7, 11) is -4.62. The number of anilines is 2. The van der Waals surface area contributed by atoms with Crippen LogP contribution >= 0.6 is 22.6 Å². The first kappa shape index (κ1) is 28.3. The van der Waals surface area contributed by atoms with E-state index < -0.39 is 43.7 Å². The van der Waals surface area contributed by atoms with Crippen LogP contribution in [-0.4, -0.2) is 37.6 Å². The summed E-state index contributed by atoms with van der Waals surface area (Å²) in [6, 6.07) is 10.6. The lowest BCUT2D eigenvalue weighted by molar-refractivity contribution is 0.0270. The lowest BCUT2D eigenvalue weighted by atomic mass is 10.1. The molecule has 0 spiro atoms. The number of aromatic nitrogens is 1. The third kappa shape index (κ3) is 7.02. The standard InChI is InChI=1S/C25H25F2IN4O5S/c26-22-21(38(35,36)30-13-16-2-1-10-29-20(16)9-11-33)12-19(25(34)32-37-14-15-3-4-15)24(23(22)27)31-18-7-5-17(28)6-8-18/h1-2,5-8,10,12,15,30-31,33H,3-4,9,11,13-14H2,(H,32,34). The zero-order valence-electron chi connectivity index (χ0n) is 20.0. The van der Waals surface area contributed by atoms with Gasteiger partial charge in [0.15, 0.2) is 11.6 Å². The SMILES string of the molecule is O=C(NOCC1CC1)c1cc(S(=O)(=O)NCc2cccnc2CCO)c(F)c(F)c1Nc1ccc(I)cc1. The topological polar surface area (TPSA) is 130 Å². The second kappa shape index (κ2) is 12.4. The van der Waals surface area contributed by atoms with E-state index in [1.54, 1.807) is 36.4 Å². The Kier molecular flexibility index (Phi) is 9.25. The number of hydrogen-bond acceptors (Lipinski definition) is 7. The highest BCUT2D eigenvalue weighted by molar-refractivity contribution is 14.1. The molecule has 0 unspecified atom stereocenters. The minimum absolute atomic E-state index is 0.185. The molecule has 3 aromatic rings. The van der Waals surface area contributed by atoms with Gasteiger partial charge in [0.05, 0.1) is 17.9 Å². The number of aliphatic hydroxyl groups excluding tert-OH is 1. The molecule has 1 aromatic heterocycles. The molecule has 1 fully saturated rings. The van der Waals surface area contributed by atoms with Crippen molar-refractivity contribution in [1.82, 2.24) is 15.2 Å². The van der Waals surface area contributed by atoms with E-state index in [4.69, 9.17) is 4.84 Å². The van der Waals surface area contributed by atoms with Crippen molar-refractivity contribution in [1.29, 1.82) is 0 Å². The molecule has 0 bridgehead atoms. The van der Waals surface area contributed by atoms with Gasteiger partial charge in [-0.1, -0.05) is 6.07 Å². The fraction of sp³-hybridized carbons (Fsp3) is 0.280. The Morgan fingerprint density at radius 1 is 1.16 bits per heavy atom. The first-order chi connectivity index (χ1) is 18.2. The lowest BCUT2D eigenvalue weighted by Crippen LogP contribution is -2.29. The van der Waals surface area contributed by atoms with Gasteiger partial charge in [0.2, 0.25) is 10.0 Å². The zero-order chi connectivity index (χ0) is 27.3. The van der Waals surface area contributed by atoms with Crippen molar-refractivity contribution >= 4 is 49.9 Å². The molecule has 1 aliphatic rings. The zero-order valence-corrected chi connectivity index (χ0v) is 23.0. The number of aliphatic hydroxyl groups is 1. The molecule has 1 heterocycles. The summed E-state index contributed by atoms with van der Waals surface area (Å²) >= 11 is 2.08. The third-order valence-electron chi connectivity index (χ3n) is 5.79. The minimum Gasteiger partial charge on any atom is -0.396 e. The second-order valence-electron chi connectivity index (χ2n) is 8.65. The summed E-state index contributed by atoms with van der Waals surface area (Å²) in [4.78, 5) is 21.2. The Morgan fingerprint density at radius 3 is 2.58 bits per heavy atom. The van der Waals surface area contributed by atoms with Crippen LogP contribution in [0.5, 0.6) is 0 Å². The molecule has 1 saturated carbocycles. The predicted molar refractivity (Wildman–Crippen MR) is 144 cm³/mol. The van der Waals surface area contributed by atoms with Crippen LogP contribution in [0.1, 0.15) is 34.5 Å². The van der Waals surface area contributed by atoms with E-state index in [2.05, 4.69) is 43.1 Å². The maximum atomic E-state index is 15.4. The van der Waals surface area contributed by atoms with E-state index in [1.807, 2.05) is 0 Å². The predicted octanol–water partition coefficient (Wildman–Crippen LogP) is 3.79. The molecule has 1 aliphatic carbocycles. The number of carbonyl (C=O) groups is 1. The van der Waals surface area contributed by atoms with E-state index in [0.29, 0.717) is 22.9 Å². The van der Waals surface area contributed by atoms with Gasteiger partial charge < -0.3 is 10.4 Å². The van der Waals surface area contributed by atoms with Gasteiger partial charge in [-0.2, -0.15) is 0 Å². The maximum Gasteiger partial charge on any atom is 0.277 e. The highest BCUT2D eigenvalue weighted by Gasteiger charge is 2.30. The molecule has 1 amide bonds. The van der Waals surface area contributed by atoms with Gasteiger partial charge in [-0.3, -0.25) is 14.6 Å². The number of benzene rings is 2. The smallest absolute Gasteiger partial charge is 0.277 e. The van der Waals surface area contributed by atoms with Crippen molar-refractivity contribution in [3.05, 3.63) is 80.7 Å². The Bertz CT molecular complexity index is 1420. The van der Waals surface area contributed by atoms with Crippen LogP contribution in [-0.2, 0) is 27.8 Å². The van der Waals surface area contributed by atoms with Crippen LogP contribution < -0.4 is 15.5 Å². The number of pyridine rings is 1. The quantitative estimate of drug-likeness (QED) is 0.172. The molecule has 0 atom stereocenters. The number of hydrogen-bond donors (Lipinski definition) is 4. The first-order valence-corrected chi connectivity index (χ1v) is 14.3. The van der Waals surface area contributed by atoms with Crippen molar-refractivity contribution < 1.29 is 31.9 Å². The molecule has 0 radical (unpaired) electrons. The van der Waals surface area contributed by atoms with Crippen LogP contribution in [0.3, 0.4) is 0 Å². The number of carbonyl (C=O) groups excluding carboxylic acids is 1. The van der Waals surface area contributed by atoms with Crippen molar-refractivity contribution in [2.75, 3.05) is 18.5 Å². The van der Waals surface area contributed by atoms with E-state index >= 15 is 8.78 Å². The largest absolute Gasteiger partial charge is 0.396 e. The number of halogens is 3. The summed E-state index contributed by atoms with van der Waals surface area (Å²) in [6.07, 6.45) is 3.61. The number of nitrogens with one attached hydrogen (secondary N) is 3. The van der Waals surface area contributed by atoms with Gasteiger partial charge in [0.1, 0.15) is 4.90 Å². The number of hydroxylamine groups is 1. The van der Waals surface area contributed by atoms with E-state index in [1.165, 1.54) is 6.20 Å². The number of nitrogens with zero attached hydrogens (tertiary/aromatic N) is 1. The summed E-state index contributed by atoms with van der Waals surface area (Å²) < 4.78 is 59.9. The second-order valence-corrected chi connectivity index (χ2v) is 11.6. The lowest BCUT2D eigenvalue weighted by Gasteiger charge is -2.17. The average Bonchev–Trinajstić information content (AvgIpc) is 3.72. The number of amides is 1. The molecular weight excluding hydrogens is 633 g/mol. The van der Waals surface area contributed by atoms with Gasteiger partial charge >= 0.3 is 0 Å². The highest BCUT2D eigenvalue weighted by atomic mass is 127. The molecule has 2 aromatic carbocycles. The molecular formula is C25H25F2IN4O5S. The van der Waals surface area contributed by atoms with Crippen molar-refractivity contribution in [2.24, 2.45) is 5.92 Å². The molecule has 202 valence electrons. The van der Waals surface area contributed by atoms with Crippen LogP contribution in [0.4, 0.5) is 20.2 Å². The van der Waals surface area contributed by atoms with Crippen LogP contribution in [0.25, 0.3) is 0 Å². The van der Waals surface area contributed by atoms with E-state index in [0.717, 1.165) is 22.5 Å². The van der Waals surface area contributed by atoms with Crippen molar-refractivity contribution in [3.8, 4) is 0 Å². The molecule has 4 rings (SSSR count).